The molecule has 0 saturated carbocycles. The normalized spacial score (nSPS) is 12.8. The van der Waals surface area contributed by atoms with E-state index in [4.69, 9.17) is 0 Å². The van der Waals surface area contributed by atoms with Gasteiger partial charge in [0.25, 0.3) is 5.91 Å². The van der Waals surface area contributed by atoms with Crippen LogP contribution < -0.4 is 0 Å². The second kappa shape index (κ2) is 2.79. The Bertz CT molecular complexity index is 773. The Morgan fingerprint density at radius 1 is 1.06 bits per heavy atom. The molecule has 0 atom stereocenters. The molecule has 4 heteroatoms. The third-order valence-electron chi connectivity index (χ3n) is 3.01. The summed E-state index contributed by atoms with van der Waals surface area (Å²) in [5.74, 6) is 0.601. The number of hydrogen-bond donors (Lipinski definition) is 0. The Balaban J connectivity index is 2.19. The highest BCUT2D eigenvalue weighted by atomic mass is 16.2. The number of aromatic nitrogens is 3. The van der Waals surface area contributed by atoms with E-state index in [2.05, 4.69) is 9.97 Å². The van der Waals surface area contributed by atoms with E-state index in [0.29, 0.717) is 17.1 Å². The summed E-state index contributed by atoms with van der Waals surface area (Å²) in [5, 5.41) is 0. The largest absolute Gasteiger partial charge is 0.268 e. The molecule has 1 aromatic carbocycles. The molecule has 17 heavy (non-hydrogen) atoms. The molecule has 2 aromatic heterocycles. The fourth-order valence-corrected chi connectivity index (χ4v) is 2.27. The predicted octanol–water partition coefficient (Wildman–Crippen LogP) is 2.10. The van der Waals surface area contributed by atoms with Gasteiger partial charge in [0.05, 0.1) is 16.6 Å². The van der Waals surface area contributed by atoms with Gasteiger partial charge >= 0.3 is 0 Å². The molecule has 1 aliphatic rings. The number of hydrogen-bond acceptors (Lipinski definition) is 3. The first-order valence-corrected chi connectivity index (χ1v) is 5.34. The first-order valence-electron chi connectivity index (χ1n) is 5.34. The van der Waals surface area contributed by atoms with Crippen molar-refractivity contribution < 1.29 is 4.79 Å². The third-order valence-corrected chi connectivity index (χ3v) is 3.01. The van der Waals surface area contributed by atoms with Gasteiger partial charge in [0, 0.05) is 6.20 Å². The highest BCUT2D eigenvalue weighted by Crippen LogP contribution is 2.32. The molecular weight excluding hydrogens is 214 g/mol. The van der Waals surface area contributed by atoms with Crippen LogP contribution in [0.25, 0.3) is 22.6 Å². The zero-order valence-corrected chi connectivity index (χ0v) is 8.79. The molecular formula is C13H7N3O. The minimum Gasteiger partial charge on any atom is -0.268 e. The summed E-state index contributed by atoms with van der Waals surface area (Å²) < 4.78 is 1.63. The van der Waals surface area contributed by atoms with Gasteiger partial charge in [0.15, 0.2) is 5.82 Å². The summed E-state index contributed by atoms with van der Waals surface area (Å²) in [4.78, 5) is 21.0. The lowest BCUT2D eigenvalue weighted by molar-refractivity contribution is 0.0973. The highest BCUT2D eigenvalue weighted by Gasteiger charge is 2.30. The number of rotatable bonds is 0. The van der Waals surface area contributed by atoms with E-state index in [1.54, 1.807) is 22.9 Å². The van der Waals surface area contributed by atoms with Crippen LogP contribution in [0.15, 0.2) is 42.6 Å². The average Bonchev–Trinajstić information content (AvgIpc) is 2.88. The maximum absolute atomic E-state index is 12.2. The van der Waals surface area contributed by atoms with Gasteiger partial charge in [0.1, 0.15) is 5.69 Å². The molecule has 4 nitrogen and oxygen atoms in total. The number of benzene rings is 1. The molecule has 0 aliphatic carbocycles. The Hall–Kier alpha value is -2.49. The third kappa shape index (κ3) is 0.945. The maximum atomic E-state index is 12.2. The van der Waals surface area contributed by atoms with Crippen LogP contribution in [-0.4, -0.2) is 20.4 Å². The van der Waals surface area contributed by atoms with E-state index >= 15 is 0 Å². The first-order chi connectivity index (χ1) is 8.36. The molecule has 80 valence electrons. The molecule has 0 saturated heterocycles. The minimum atomic E-state index is -0.0446. The number of imidazole rings is 1. The zero-order valence-electron chi connectivity index (χ0n) is 8.79. The van der Waals surface area contributed by atoms with E-state index in [1.165, 1.54) is 0 Å². The van der Waals surface area contributed by atoms with Crippen LogP contribution in [0, 0.1) is 0 Å². The average molecular weight is 221 g/mol. The van der Waals surface area contributed by atoms with Gasteiger partial charge in [-0.25, -0.2) is 4.98 Å². The summed E-state index contributed by atoms with van der Waals surface area (Å²) in [6.45, 7) is 0. The number of fused-ring (bicyclic) bond motifs is 5. The van der Waals surface area contributed by atoms with Crippen molar-refractivity contribution in [1.82, 2.24) is 14.5 Å². The quantitative estimate of drug-likeness (QED) is 0.457. The molecule has 0 bridgehead atoms. The van der Waals surface area contributed by atoms with Crippen LogP contribution in [-0.2, 0) is 0 Å². The standard InChI is InChI=1S/C13H7N3O/c17-13-8-4-3-7-14-11(8)12-15-9-5-1-2-6-10(9)16(12)13/h1-7H. The molecule has 0 unspecified atom stereocenters. The SMILES string of the molecule is O=C1c2cccnc2-c2nc3ccccc3n21. The summed E-state index contributed by atoms with van der Waals surface area (Å²) in [5.41, 5.74) is 2.96. The fourth-order valence-electron chi connectivity index (χ4n) is 2.27. The lowest BCUT2D eigenvalue weighted by Gasteiger charge is -1.96. The van der Waals surface area contributed by atoms with Crippen molar-refractivity contribution in [3.8, 4) is 11.5 Å². The van der Waals surface area contributed by atoms with E-state index in [-0.39, 0.29) is 5.91 Å². The molecule has 3 heterocycles. The summed E-state index contributed by atoms with van der Waals surface area (Å²) in [6, 6.07) is 11.2. The Labute approximate surface area is 96.5 Å². The van der Waals surface area contributed by atoms with Gasteiger partial charge in [-0.3, -0.25) is 14.3 Å². The lowest BCUT2D eigenvalue weighted by atomic mass is 10.2. The number of nitrogens with zero attached hydrogens (tertiary/aromatic N) is 3. The Kier molecular flexibility index (Phi) is 1.42. The van der Waals surface area contributed by atoms with Gasteiger partial charge in [-0.15, -0.1) is 0 Å². The van der Waals surface area contributed by atoms with Crippen molar-refractivity contribution >= 4 is 16.9 Å². The van der Waals surface area contributed by atoms with Crippen molar-refractivity contribution in [2.45, 2.75) is 0 Å². The fraction of sp³-hybridized carbons (Fsp3) is 0. The molecule has 0 N–H and O–H groups in total. The number of para-hydroxylation sites is 2. The van der Waals surface area contributed by atoms with Crippen molar-refractivity contribution in [3.63, 3.8) is 0 Å². The zero-order chi connectivity index (χ0) is 11.4. The first kappa shape index (κ1) is 8.64. The van der Waals surface area contributed by atoms with E-state index < -0.39 is 0 Å². The second-order valence-electron chi connectivity index (χ2n) is 3.96. The molecule has 0 radical (unpaired) electrons. The topological polar surface area (TPSA) is 47.8 Å². The Morgan fingerprint density at radius 3 is 2.88 bits per heavy atom. The van der Waals surface area contributed by atoms with Crippen molar-refractivity contribution in [2.24, 2.45) is 0 Å². The molecule has 0 amide bonds. The second-order valence-corrected chi connectivity index (χ2v) is 3.96. The number of carbonyl (C=O) groups excluding carboxylic acids is 1. The summed E-state index contributed by atoms with van der Waals surface area (Å²) in [6.07, 6.45) is 1.68. The van der Waals surface area contributed by atoms with Crippen LogP contribution in [0.2, 0.25) is 0 Å². The van der Waals surface area contributed by atoms with Gasteiger partial charge in [-0.05, 0) is 24.3 Å². The maximum Gasteiger partial charge on any atom is 0.266 e. The summed E-state index contributed by atoms with van der Waals surface area (Å²) in [7, 11) is 0. The minimum absolute atomic E-state index is 0.0446. The van der Waals surface area contributed by atoms with Gasteiger partial charge in [-0.2, -0.15) is 0 Å². The predicted molar refractivity (Wildman–Crippen MR) is 62.7 cm³/mol. The summed E-state index contributed by atoms with van der Waals surface area (Å²) >= 11 is 0. The molecule has 0 fully saturated rings. The van der Waals surface area contributed by atoms with Gasteiger partial charge in [-0.1, -0.05) is 12.1 Å². The van der Waals surface area contributed by atoms with Crippen molar-refractivity contribution in [3.05, 3.63) is 48.2 Å². The van der Waals surface area contributed by atoms with Gasteiger partial charge in [0.2, 0.25) is 0 Å². The molecule has 0 spiro atoms. The van der Waals surface area contributed by atoms with E-state index in [9.17, 15) is 4.79 Å². The highest BCUT2D eigenvalue weighted by molar-refractivity contribution is 6.11. The van der Waals surface area contributed by atoms with Crippen molar-refractivity contribution in [1.29, 1.82) is 0 Å². The molecule has 1 aliphatic heterocycles. The Morgan fingerprint density at radius 2 is 1.94 bits per heavy atom. The van der Waals surface area contributed by atoms with Crippen molar-refractivity contribution in [2.75, 3.05) is 0 Å². The van der Waals surface area contributed by atoms with Crippen LogP contribution in [0.4, 0.5) is 0 Å². The lowest BCUT2D eigenvalue weighted by Crippen LogP contribution is -2.05. The van der Waals surface area contributed by atoms with E-state index in [1.807, 2.05) is 24.3 Å². The molecule has 4 rings (SSSR count). The monoisotopic (exact) mass is 221 g/mol. The smallest absolute Gasteiger partial charge is 0.266 e. The van der Waals surface area contributed by atoms with Crippen LogP contribution in [0.3, 0.4) is 0 Å². The molecule has 3 aromatic rings. The van der Waals surface area contributed by atoms with E-state index in [0.717, 1.165) is 11.0 Å². The van der Waals surface area contributed by atoms with Crippen LogP contribution in [0.1, 0.15) is 10.4 Å². The van der Waals surface area contributed by atoms with Crippen LogP contribution in [0.5, 0.6) is 0 Å². The number of pyridine rings is 1. The number of carbonyl (C=O) groups is 1. The van der Waals surface area contributed by atoms with Crippen LogP contribution >= 0.6 is 0 Å². The van der Waals surface area contributed by atoms with Gasteiger partial charge < -0.3 is 0 Å².